The number of nitrogens with zero attached hydrogens (tertiary/aromatic N) is 2. The number of carbonyl (C=O) groups excluding carboxylic acids is 1. The molecule has 0 unspecified atom stereocenters. The highest BCUT2D eigenvalue weighted by molar-refractivity contribution is 5.70. The Bertz CT molecular complexity index is 717. The van der Waals surface area contributed by atoms with Crippen molar-refractivity contribution < 1.29 is 14.6 Å². The summed E-state index contributed by atoms with van der Waals surface area (Å²) >= 11 is 0. The Labute approximate surface area is 135 Å². The Balaban J connectivity index is 1.83. The van der Waals surface area contributed by atoms with E-state index in [9.17, 15) is 9.90 Å². The van der Waals surface area contributed by atoms with Gasteiger partial charge < -0.3 is 14.7 Å². The van der Waals surface area contributed by atoms with Crippen molar-refractivity contribution in [3.8, 4) is 17.0 Å². The van der Waals surface area contributed by atoms with E-state index >= 15 is 0 Å². The number of fused-ring (bicyclic) bond motifs is 1. The van der Waals surface area contributed by atoms with Crippen LogP contribution in [0.5, 0.6) is 5.75 Å². The number of aromatic nitrogens is 2. The molecule has 0 saturated carbocycles. The van der Waals surface area contributed by atoms with E-state index in [0.29, 0.717) is 19.5 Å². The Morgan fingerprint density at radius 3 is 2.83 bits per heavy atom. The Hall–Kier alpha value is -2.50. The minimum absolute atomic E-state index is 0.195. The molecule has 3 rings (SSSR count). The predicted molar refractivity (Wildman–Crippen MR) is 86.0 cm³/mol. The summed E-state index contributed by atoms with van der Waals surface area (Å²) in [5.41, 5.74) is 3.06. The minimum Gasteiger partial charge on any atom is -0.508 e. The molecule has 2 aromatic rings. The zero-order chi connectivity index (χ0) is 16.6. The number of phenolic OH excluding ortho intramolecular Hbond substituents is 1. The summed E-state index contributed by atoms with van der Waals surface area (Å²) in [4.78, 5) is 13.8. The van der Waals surface area contributed by atoms with Crippen LogP contribution in [0.2, 0.25) is 0 Å². The second kappa shape index (κ2) is 5.61. The van der Waals surface area contributed by atoms with Gasteiger partial charge >= 0.3 is 6.09 Å². The van der Waals surface area contributed by atoms with Crippen molar-refractivity contribution in [2.45, 2.75) is 39.3 Å². The number of carbonyl (C=O) groups is 1. The molecule has 0 bridgehead atoms. The van der Waals surface area contributed by atoms with Crippen molar-refractivity contribution in [2.75, 3.05) is 6.54 Å². The molecule has 1 amide bonds. The molecule has 0 spiro atoms. The highest BCUT2D eigenvalue weighted by Gasteiger charge is 2.27. The normalized spacial score (nSPS) is 14.5. The van der Waals surface area contributed by atoms with Gasteiger partial charge in [0.1, 0.15) is 11.4 Å². The molecule has 0 saturated heterocycles. The Morgan fingerprint density at radius 1 is 1.39 bits per heavy atom. The van der Waals surface area contributed by atoms with Gasteiger partial charge in [0.15, 0.2) is 0 Å². The van der Waals surface area contributed by atoms with Crippen molar-refractivity contribution in [3.05, 3.63) is 35.5 Å². The van der Waals surface area contributed by atoms with Crippen LogP contribution in [-0.2, 0) is 17.7 Å². The predicted octanol–water partition coefficient (Wildman–Crippen LogP) is 3.08. The van der Waals surface area contributed by atoms with Gasteiger partial charge in [0.2, 0.25) is 0 Å². The first-order chi connectivity index (χ1) is 10.8. The van der Waals surface area contributed by atoms with Gasteiger partial charge in [0, 0.05) is 23.9 Å². The fourth-order valence-electron chi connectivity index (χ4n) is 2.70. The number of benzene rings is 1. The number of amides is 1. The van der Waals surface area contributed by atoms with Crippen LogP contribution in [-0.4, -0.2) is 38.4 Å². The number of hydrogen-bond donors (Lipinski definition) is 2. The molecule has 0 fully saturated rings. The summed E-state index contributed by atoms with van der Waals surface area (Å²) in [6.45, 7) is 6.47. The third-order valence-corrected chi connectivity index (χ3v) is 3.78. The number of nitrogens with one attached hydrogen (secondary N) is 1. The maximum absolute atomic E-state index is 12.2. The van der Waals surface area contributed by atoms with Crippen molar-refractivity contribution >= 4 is 6.09 Å². The van der Waals surface area contributed by atoms with Crippen molar-refractivity contribution in [1.29, 1.82) is 0 Å². The fraction of sp³-hybridized carbons (Fsp3) is 0.412. The van der Waals surface area contributed by atoms with Crippen molar-refractivity contribution in [3.63, 3.8) is 0 Å². The fourth-order valence-corrected chi connectivity index (χ4v) is 2.70. The molecular formula is C17H21N3O3. The second-order valence-electron chi connectivity index (χ2n) is 6.76. The van der Waals surface area contributed by atoms with E-state index in [-0.39, 0.29) is 11.8 Å². The lowest BCUT2D eigenvalue weighted by molar-refractivity contribution is 0.0223. The van der Waals surface area contributed by atoms with Gasteiger partial charge in [0.25, 0.3) is 0 Å². The summed E-state index contributed by atoms with van der Waals surface area (Å²) < 4.78 is 5.41. The van der Waals surface area contributed by atoms with Gasteiger partial charge in [-0.2, -0.15) is 5.10 Å². The van der Waals surface area contributed by atoms with E-state index in [1.54, 1.807) is 17.2 Å². The molecule has 0 aliphatic carbocycles. The maximum atomic E-state index is 12.2. The number of hydrogen-bond acceptors (Lipinski definition) is 4. The highest BCUT2D eigenvalue weighted by atomic mass is 16.6. The smallest absolute Gasteiger partial charge is 0.410 e. The summed E-state index contributed by atoms with van der Waals surface area (Å²) in [5, 5.41) is 17.2. The van der Waals surface area contributed by atoms with Crippen LogP contribution >= 0.6 is 0 Å². The molecule has 0 atom stereocenters. The van der Waals surface area contributed by atoms with Crippen LogP contribution in [0.4, 0.5) is 4.79 Å². The highest BCUT2D eigenvalue weighted by Crippen LogP contribution is 2.33. The Morgan fingerprint density at radius 2 is 2.17 bits per heavy atom. The first kappa shape index (κ1) is 15.4. The molecule has 1 aliphatic heterocycles. The van der Waals surface area contributed by atoms with Crippen LogP contribution in [0.3, 0.4) is 0 Å². The van der Waals surface area contributed by atoms with E-state index in [4.69, 9.17) is 4.74 Å². The Kier molecular flexibility index (Phi) is 3.75. The molecule has 1 aliphatic rings. The van der Waals surface area contributed by atoms with Gasteiger partial charge in [-0.25, -0.2) is 4.79 Å². The summed E-state index contributed by atoms with van der Waals surface area (Å²) in [7, 11) is 0. The van der Waals surface area contributed by atoms with Crippen molar-refractivity contribution in [1.82, 2.24) is 15.1 Å². The van der Waals surface area contributed by atoms with Gasteiger partial charge in [-0.3, -0.25) is 5.10 Å². The number of aromatic hydroxyl groups is 1. The molecule has 122 valence electrons. The largest absolute Gasteiger partial charge is 0.508 e. The lowest BCUT2D eigenvalue weighted by atomic mass is 9.95. The monoisotopic (exact) mass is 315 g/mol. The lowest BCUT2D eigenvalue weighted by Gasteiger charge is -2.31. The number of rotatable bonds is 1. The third-order valence-electron chi connectivity index (χ3n) is 3.78. The quantitative estimate of drug-likeness (QED) is 0.847. The maximum Gasteiger partial charge on any atom is 0.410 e. The van der Waals surface area contributed by atoms with Crippen LogP contribution in [0, 0.1) is 0 Å². The SMILES string of the molecule is CC(C)(C)OC(=O)N1CCc2cc(-c3ccn[nH]3)cc(O)c2C1. The zero-order valence-electron chi connectivity index (χ0n) is 13.6. The van der Waals surface area contributed by atoms with Gasteiger partial charge in [-0.05, 0) is 51.0 Å². The lowest BCUT2D eigenvalue weighted by Crippen LogP contribution is -2.39. The molecule has 1 aromatic heterocycles. The molecule has 0 radical (unpaired) electrons. The molecule has 23 heavy (non-hydrogen) atoms. The summed E-state index contributed by atoms with van der Waals surface area (Å²) in [6.07, 6.45) is 2.01. The number of aromatic amines is 1. The average Bonchev–Trinajstić information content (AvgIpc) is 2.99. The average molecular weight is 315 g/mol. The molecule has 6 heteroatoms. The first-order valence-corrected chi connectivity index (χ1v) is 7.66. The molecule has 2 N–H and O–H groups in total. The third kappa shape index (κ3) is 3.31. The van der Waals surface area contributed by atoms with Gasteiger partial charge in [-0.1, -0.05) is 0 Å². The number of ether oxygens (including phenoxy) is 1. The van der Waals surface area contributed by atoms with E-state index in [1.165, 1.54) is 0 Å². The molecule has 2 heterocycles. The van der Waals surface area contributed by atoms with Crippen molar-refractivity contribution in [2.24, 2.45) is 0 Å². The van der Waals surface area contributed by atoms with E-state index in [2.05, 4.69) is 10.2 Å². The summed E-state index contributed by atoms with van der Waals surface area (Å²) in [6, 6.07) is 5.59. The van der Waals surface area contributed by atoms with Crippen LogP contribution in [0.15, 0.2) is 24.4 Å². The number of H-pyrrole nitrogens is 1. The van der Waals surface area contributed by atoms with E-state index in [0.717, 1.165) is 22.4 Å². The van der Waals surface area contributed by atoms with Crippen LogP contribution < -0.4 is 0 Å². The molecule has 1 aromatic carbocycles. The second-order valence-corrected chi connectivity index (χ2v) is 6.76. The number of phenols is 1. The topological polar surface area (TPSA) is 78.5 Å². The van der Waals surface area contributed by atoms with E-state index in [1.807, 2.05) is 32.9 Å². The standard InChI is InChI=1S/C17H21N3O3/c1-17(2,3)23-16(22)20-7-5-11-8-12(14-4-6-18-19-14)9-15(21)13(11)10-20/h4,6,8-9,21H,5,7,10H2,1-3H3,(H,18,19). The van der Waals surface area contributed by atoms with E-state index < -0.39 is 5.60 Å². The van der Waals surface area contributed by atoms with Crippen LogP contribution in [0.1, 0.15) is 31.9 Å². The van der Waals surface area contributed by atoms with Gasteiger partial charge in [-0.15, -0.1) is 0 Å². The molecule has 6 nitrogen and oxygen atoms in total. The van der Waals surface area contributed by atoms with Gasteiger partial charge in [0.05, 0.1) is 12.2 Å². The molecular weight excluding hydrogens is 294 g/mol. The zero-order valence-corrected chi connectivity index (χ0v) is 13.6. The van der Waals surface area contributed by atoms with Crippen LogP contribution in [0.25, 0.3) is 11.3 Å². The minimum atomic E-state index is -0.524. The summed E-state index contributed by atoms with van der Waals surface area (Å²) in [5.74, 6) is 0.195. The first-order valence-electron chi connectivity index (χ1n) is 7.66.